The van der Waals surface area contributed by atoms with E-state index in [1.54, 1.807) is 6.92 Å². The third kappa shape index (κ3) is 76.9. The number of primary amides is 2. The average Bonchev–Trinajstić information content (AvgIpc) is 2.84. The van der Waals surface area contributed by atoms with Crippen LogP contribution in [-0.4, -0.2) is 48.7 Å². The van der Waals surface area contributed by atoms with Crippen LogP contribution in [0.15, 0.2) is 4.99 Å². The lowest BCUT2D eigenvalue weighted by Gasteiger charge is -2.04. The van der Waals surface area contributed by atoms with Gasteiger partial charge >= 0.3 is 6.03 Å². The fraction of sp³-hybridized carbons (Fsp3) is 0.906. The van der Waals surface area contributed by atoms with Crippen molar-refractivity contribution in [3.8, 4) is 0 Å². The van der Waals surface area contributed by atoms with Crippen LogP contribution in [0.4, 0.5) is 4.79 Å². The highest BCUT2D eigenvalue weighted by atomic mass is 16.3. The van der Waals surface area contributed by atoms with E-state index in [9.17, 15) is 9.59 Å². The minimum absolute atomic E-state index is 0.148. The number of carbonyl (C=O) groups is 2. The van der Waals surface area contributed by atoms with E-state index >= 15 is 0 Å². The molecule has 1 atom stereocenters. The van der Waals surface area contributed by atoms with Crippen LogP contribution in [0.3, 0.4) is 0 Å². The molecule has 10 heteroatoms. The zero-order valence-corrected chi connectivity index (χ0v) is 29.5. The topological polar surface area (TPSA) is 209 Å². The van der Waals surface area contributed by atoms with Gasteiger partial charge in [0, 0.05) is 19.5 Å². The Hall–Kier alpha value is -2.07. The maximum absolute atomic E-state index is 10.2. The standard InChI is InChI=1S/C7H17N3.C7H16N2O.C7H17N.C6H13NO.C5H12O/c1-6(2)4-3-5-10-7(8)9;1-6(2)4-3-5-9-7(8)10;1-7(2)5-3-4-6-8;1-5(2)3-4-6(7)8;1-4(2)5(3)6/h6H,3-5H2,1-2H3,(H4,8,9,10);6H,3-5H2,1-2H3,(H3,8,9,10);7H,3-6,8H2,1-2H3;5H,3-4H2,1-2H3,(H2,7,8);4-6H,1-3H3. The maximum Gasteiger partial charge on any atom is 0.312 e. The second kappa shape index (κ2) is 37.0. The predicted octanol–water partition coefficient (Wildman–Crippen LogP) is 5.49. The third-order valence-corrected chi connectivity index (χ3v) is 5.66. The van der Waals surface area contributed by atoms with Crippen molar-refractivity contribution in [1.82, 2.24) is 5.32 Å². The lowest BCUT2D eigenvalue weighted by Crippen LogP contribution is -2.30. The van der Waals surface area contributed by atoms with E-state index in [0.29, 0.717) is 30.7 Å². The molecule has 0 aromatic carbocycles. The summed E-state index contributed by atoms with van der Waals surface area (Å²) in [5, 5.41) is 11.2. The quantitative estimate of drug-likeness (QED) is 0.0686. The van der Waals surface area contributed by atoms with E-state index in [0.717, 1.165) is 50.6 Å². The molecule has 0 aromatic rings. The van der Waals surface area contributed by atoms with Gasteiger partial charge in [-0.3, -0.25) is 9.79 Å². The largest absolute Gasteiger partial charge is 0.393 e. The van der Waals surface area contributed by atoms with Gasteiger partial charge in [0.2, 0.25) is 5.91 Å². The summed E-state index contributed by atoms with van der Waals surface area (Å²) >= 11 is 0. The van der Waals surface area contributed by atoms with E-state index in [-0.39, 0.29) is 18.0 Å². The number of urea groups is 1. The molecular weight excluding hydrogens is 530 g/mol. The Morgan fingerprint density at radius 1 is 0.667 bits per heavy atom. The highest BCUT2D eigenvalue weighted by molar-refractivity contribution is 5.75. The number of nitrogens with zero attached hydrogens (tertiary/aromatic N) is 1. The molecule has 0 radical (unpaired) electrons. The Bertz CT molecular complexity index is 585. The normalized spacial score (nSPS) is 10.8. The average molecular weight is 606 g/mol. The zero-order valence-electron chi connectivity index (χ0n) is 29.5. The summed E-state index contributed by atoms with van der Waals surface area (Å²) in [6, 6.07) is -0.427. The molecule has 1 unspecified atom stereocenters. The first kappa shape index (κ1) is 49.6. The fourth-order valence-corrected chi connectivity index (χ4v) is 2.56. The SMILES string of the molecule is CC(C)C(C)O.CC(C)CCC(N)=O.CC(C)CCCCN.CC(C)CCCN=C(N)N.CC(C)CCCNC(N)=O. The maximum atomic E-state index is 10.2. The third-order valence-electron chi connectivity index (χ3n) is 5.66. The molecule has 0 saturated carbocycles. The van der Waals surface area contributed by atoms with Gasteiger partial charge in [0.05, 0.1) is 6.10 Å². The van der Waals surface area contributed by atoms with Gasteiger partial charge in [-0.05, 0) is 81.6 Å². The second-order valence-corrected chi connectivity index (χ2v) is 12.7. The van der Waals surface area contributed by atoms with Crippen LogP contribution in [0.1, 0.15) is 134 Å². The molecule has 12 N–H and O–H groups in total. The molecular formula is C32H75N7O3. The monoisotopic (exact) mass is 606 g/mol. The van der Waals surface area contributed by atoms with E-state index in [1.807, 2.05) is 13.8 Å². The molecule has 3 amide bonds. The minimum Gasteiger partial charge on any atom is -0.393 e. The van der Waals surface area contributed by atoms with Crippen LogP contribution in [0.25, 0.3) is 0 Å². The van der Waals surface area contributed by atoms with Gasteiger partial charge in [0.25, 0.3) is 0 Å². The highest BCUT2D eigenvalue weighted by Gasteiger charge is 1.98. The van der Waals surface area contributed by atoms with Crippen molar-refractivity contribution in [2.24, 2.45) is 63.3 Å². The summed E-state index contributed by atoms with van der Waals surface area (Å²) in [6.45, 7) is 25.4. The zero-order chi connectivity index (χ0) is 34.1. The minimum atomic E-state index is -0.427. The molecule has 0 aliphatic heterocycles. The van der Waals surface area contributed by atoms with Crippen molar-refractivity contribution >= 4 is 17.9 Å². The van der Waals surface area contributed by atoms with E-state index in [1.165, 1.54) is 25.7 Å². The van der Waals surface area contributed by atoms with E-state index in [2.05, 4.69) is 65.7 Å². The van der Waals surface area contributed by atoms with E-state index in [4.69, 9.17) is 33.8 Å². The molecule has 0 heterocycles. The fourth-order valence-electron chi connectivity index (χ4n) is 2.56. The van der Waals surface area contributed by atoms with Crippen molar-refractivity contribution in [2.45, 2.75) is 140 Å². The Morgan fingerprint density at radius 2 is 1.07 bits per heavy atom. The number of unbranched alkanes of at least 4 members (excludes halogenated alkanes) is 1. The number of rotatable bonds is 16. The number of guanidine groups is 1. The van der Waals surface area contributed by atoms with Crippen molar-refractivity contribution in [1.29, 1.82) is 0 Å². The number of nitrogens with one attached hydrogen (secondary N) is 1. The molecule has 42 heavy (non-hydrogen) atoms. The number of carbonyl (C=O) groups excluding carboxylic acids is 2. The molecule has 0 aromatic heterocycles. The number of aliphatic imine (C=N–C) groups is 1. The van der Waals surface area contributed by atoms with Crippen molar-refractivity contribution < 1.29 is 14.7 Å². The van der Waals surface area contributed by atoms with Gasteiger partial charge < -0.3 is 39.1 Å². The lowest BCUT2D eigenvalue weighted by atomic mass is 10.1. The summed E-state index contributed by atoms with van der Waals surface area (Å²) in [5.74, 6) is 3.29. The Kier molecular flexibility index (Phi) is 43.6. The smallest absolute Gasteiger partial charge is 0.312 e. The van der Waals surface area contributed by atoms with Crippen LogP contribution in [-0.2, 0) is 4.79 Å². The van der Waals surface area contributed by atoms with Crippen molar-refractivity contribution in [3.63, 3.8) is 0 Å². The summed E-state index contributed by atoms with van der Waals surface area (Å²) in [6.07, 6.45) is 9.54. The van der Waals surface area contributed by atoms with Gasteiger partial charge in [-0.15, -0.1) is 0 Å². The molecule has 0 aliphatic carbocycles. The number of amides is 3. The van der Waals surface area contributed by atoms with Gasteiger partial charge in [-0.2, -0.15) is 0 Å². The number of nitrogens with two attached hydrogens (primary N) is 5. The first-order valence-corrected chi connectivity index (χ1v) is 16.0. The first-order valence-electron chi connectivity index (χ1n) is 16.0. The molecule has 256 valence electrons. The van der Waals surface area contributed by atoms with Crippen molar-refractivity contribution in [2.75, 3.05) is 19.6 Å². The van der Waals surface area contributed by atoms with Crippen molar-refractivity contribution in [3.05, 3.63) is 0 Å². The molecule has 0 spiro atoms. The second-order valence-electron chi connectivity index (χ2n) is 12.7. The summed E-state index contributed by atoms with van der Waals surface area (Å²) in [7, 11) is 0. The van der Waals surface area contributed by atoms with Gasteiger partial charge in [-0.25, -0.2) is 4.79 Å². The summed E-state index contributed by atoms with van der Waals surface area (Å²) in [4.78, 5) is 24.1. The number of hydrogen-bond acceptors (Lipinski definition) is 5. The van der Waals surface area contributed by atoms with Gasteiger partial charge in [0.1, 0.15) is 0 Å². The van der Waals surface area contributed by atoms with E-state index < -0.39 is 6.03 Å². The van der Waals surface area contributed by atoms with Crippen LogP contribution in [0.2, 0.25) is 0 Å². The lowest BCUT2D eigenvalue weighted by molar-refractivity contribution is -0.118. The van der Waals surface area contributed by atoms with Crippen LogP contribution in [0.5, 0.6) is 0 Å². The summed E-state index contributed by atoms with van der Waals surface area (Å²) < 4.78 is 0. The summed E-state index contributed by atoms with van der Waals surface area (Å²) in [5.41, 5.74) is 25.3. The Labute approximate surface area is 260 Å². The molecule has 10 nitrogen and oxygen atoms in total. The first-order chi connectivity index (χ1) is 19.3. The number of hydrogen-bond donors (Lipinski definition) is 7. The molecule has 0 saturated heterocycles. The number of aliphatic hydroxyl groups excluding tert-OH is 1. The Balaban J connectivity index is -0.000000137. The van der Waals surface area contributed by atoms with Gasteiger partial charge in [-0.1, -0.05) is 82.1 Å². The number of aliphatic hydroxyl groups is 1. The van der Waals surface area contributed by atoms with Gasteiger partial charge in [0.15, 0.2) is 5.96 Å². The molecule has 0 bridgehead atoms. The predicted molar refractivity (Wildman–Crippen MR) is 184 cm³/mol. The van der Waals surface area contributed by atoms with Crippen LogP contribution < -0.4 is 34.0 Å². The molecule has 0 aliphatic rings. The Morgan fingerprint density at radius 3 is 1.36 bits per heavy atom. The molecule has 0 rings (SSSR count). The molecule has 0 fully saturated rings. The van der Waals surface area contributed by atoms with Crippen LogP contribution in [0, 0.1) is 29.6 Å². The van der Waals surface area contributed by atoms with Crippen LogP contribution >= 0.6 is 0 Å². The highest BCUT2D eigenvalue weighted by Crippen LogP contribution is 2.05.